The van der Waals surface area contributed by atoms with Crippen molar-refractivity contribution in [3.63, 3.8) is 0 Å². The van der Waals surface area contributed by atoms with Crippen LogP contribution in [0.5, 0.6) is 0 Å². The molecule has 3 heteroatoms. The number of hydrogen-bond acceptors (Lipinski definition) is 3. The van der Waals surface area contributed by atoms with Gasteiger partial charge in [0.15, 0.2) is 0 Å². The normalized spacial score (nSPS) is 28.1. The molecule has 3 nitrogen and oxygen atoms in total. The van der Waals surface area contributed by atoms with Gasteiger partial charge in [-0.05, 0) is 0 Å². The van der Waals surface area contributed by atoms with Gasteiger partial charge in [0.2, 0.25) is 0 Å². The van der Waals surface area contributed by atoms with Gasteiger partial charge < -0.3 is 9.47 Å². The molecule has 58 valence electrons. The highest BCUT2D eigenvalue weighted by molar-refractivity contribution is 5.79. The maximum absolute atomic E-state index is 10.9. The molecular weight excluding hydrogens is 132 g/mol. The lowest BCUT2D eigenvalue weighted by molar-refractivity contribution is -0.120. The van der Waals surface area contributed by atoms with Crippen molar-refractivity contribution in [1.82, 2.24) is 0 Å². The van der Waals surface area contributed by atoms with E-state index in [0.29, 0.717) is 26.1 Å². The lowest BCUT2D eigenvalue weighted by Gasteiger charge is -2.08. The summed E-state index contributed by atoms with van der Waals surface area (Å²) in [6.07, 6.45) is 1.03. The fraction of sp³-hybridized carbons (Fsp3) is 0.857. The van der Waals surface area contributed by atoms with Crippen LogP contribution >= 0.6 is 0 Å². The zero-order valence-electron chi connectivity index (χ0n) is 6.13. The van der Waals surface area contributed by atoms with Gasteiger partial charge in [-0.2, -0.15) is 0 Å². The maximum Gasteiger partial charge on any atom is 0.137 e. The van der Waals surface area contributed by atoms with Crippen molar-refractivity contribution in [3.8, 4) is 0 Å². The predicted octanol–water partition coefficient (Wildman–Crippen LogP) is 0.381. The second kappa shape index (κ2) is 3.68. The molecule has 0 amide bonds. The molecule has 0 N–H and O–H groups in total. The number of methoxy groups -OCH3 is 1. The molecule has 1 unspecified atom stereocenters. The van der Waals surface area contributed by atoms with Crippen LogP contribution in [0.15, 0.2) is 0 Å². The van der Waals surface area contributed by atoms with Crippen molar-refractivity contribution in [2.45, 2.75) is 18.9 Å². The Morgan fingerprint density at radius 3 is 3.20 bits per heavy atom. The molecule has 0 spiro atoms. The van der Waals surface area contributed by atoms with E-state index in [1.54, 1.807) is 7.11 Å². The van der Waals surface area contributed by atoms with Gasteiger partial charge >= 0.3 is 0 Å². The fourth-order valence-corrected chi connectivity index (χ4v) is 0.967. The summed E-state index contributed by atoms with van der Waals surface area (Å²) in [5.41, 5.74) is 0. The number of carbonyl (C=O) groups excluding carboxylic acids is 1. The minimum Gasteiger partial charge on any atom is -0.379 e. The van der Waals surface area contributed by atoms with Gasteiger partial charge in [-0.25, -0.2) is 0 Å². The highest BCUT2D eigenvalue weighted by Crippen LogP contribution is 2.06. The third-order valence-corrected chi connectivity index (χ3v) is 1.62. The van der Waals surface area contributed by atoms with Crippen LogP contribution in [0, 0.1) is 0 Å². The monoisotopic (exact) mass is 144 g/mol. The van der Waals surface area contributed by atoms with Crippen molar-refractivity contribution < 1.29 is 14.3 Å². The van der Waals surface area contributed by atoms with Crippen molar-refractivity contribution >= 4 is 5.78 Å². The molecule has 0 aromatic rings. The molecule has 0 aromatic heterocycles. The van der Waals surface area contributed by atoms with Crippen LogP contribution in [-0.4, -0.2) is 32.2 Å². The van der Waals surface area contributed by atoms with E-state index in [-0.39, 0.29) is 11.9 Å². The molecule has 0 radical (unpaired) electrons. The highest BCUT2D eigenvalue weighted by Gasteiger charge is 2.16. The minimum atomic E-state index is -0.0185. The lowest BCUT2D eigenvalue weighted by atomic mass is 10.2. The summed E-state index contributed by atoms with van der Waals surface area (Å²) in [5, 5.41) is 0. The molecule has 1 fully saturated rings. The van der Waals surface area contributed by atoms with Crippen LogP contribution in [0.1, 0.15) is 12.8 Å². The topological polar surface area (TPSA) is 35.5 Å². The van der Waals surface area contributed by atoms with E-state index in [9.17, 15) is 4.79 Å². The summed E-state index contributed by atoms with van der Waals surface area (Å²) in [4.78, 5) is 10.9. The Hall–Kier alpha value is -0.410. The van der Waals surface area contributed by atoms with Crippen molar-refractivity contribution in [1.29, 1.82) is 0 Å². The molecule has 1 aliphatic heterocycles. The first-order chi connectivity index (χ1) is 4.83. The van der Waals surface area contributed by atoms with E-state index >= 15 is 0 Å². The molecule has 1 rings (SSSR count). The van der Waals surface area contributed by atoms with Crippen molar-refractivity contribution in [3.05, 3.63) is 0 Å². The van der Waals surface area contributed by atoms with E-state index < -0.39 is 0 Å². The summed E-state index contributed by atoms with van der Waals surface area (Å²) in [5.74, 6) is 0.240. The van der Waals surface area contributed by atoms with Crippen molar-refractivity contribution in [2.75, 3.05) is 20.3 Å². The van der Waals surface area contributed by atoms with Crippen LogP contribution in [0.3, 0.4) is 0 Å². The quantitative estimate of drug-likeness (QED) is 0.533. The number of ketones is 1. The second-order valence-electron chi connectivity index (χ2n) is 2.43. The van der Waals surface area contributed by atoms with Crippen LogP contribution in [0.2, 0.25) is 0 Å². The molecule has 0 aromatic carbocycles. The number of Topliss-reactive ketones (excluding diaryl/α,β-unsaturated/α-hetero) is 1. The molecule has 1 atom stereocenters. The van der Waals surface area contributed by atoms with Crippen LogP contribution < -0.4 is 0 Å². The highest BCUT2D eigenvalue weighted by atomic mass is 16.5. The van der Waals surface area contributed by atoms with Gasteiger partial charge in [-0.3, -0.25) is 4.79 Å². The first-order valence-electron chi connectivity index (χ1n) is 3.45. The van der Waals surface area contributed by atoms with Gasteiger partial charge in [0.05, 0.1) is 19.3 Å². The lowest BCUT2D eigenvalue weighted by Crippen LogP contribution is -2.17. The van der Waals surface area contributed by atoms with E-state index in [1.807, 2.05) is 0 Å². The Morgan fingerprint density at radius 2 is 2.50 bits per heavy atom. The first kappa shape index (κ1) is 7.69. The average Bonchev–Trinajstić information content (AvgIpc) is 2.13. The van der Waals surface area contributed by atoms with E-state index in [2.05, 4.69) is 0 Å². The molecular formula is C7H12O3. The maximum atomic E-state index is 10.9. The summed E-state index contributed by atoms with van der Waals surface area (Å²) in [7, 11) is 1.60. The smallest absolute Gasteiger partial charge is 0.137 e. The summed E-state index contributed by atoms with van der Waals surface area (Å²) >= 11 is 0. The first-order valence-corrected chi connectivity index (χ1v) is 3.45. The largest absolute Gasteiger partial charge is 0.379 e. The summed E-state index contributed by atoms with van der Waals surface area (Å²) in [6.45, 7) is 1.11. The van der Waals surface area contributed by atoms with Gasteiger partial charge in [0, 0.05) is 20.0 Å². The summed E-state index contributed by atoms with van der Waals surface area (Å²) in [6, 6.07) is 0. The Balaban J connectivity index is 2.38. The third kappa shape index (κ3) is 2.08. The predicted molar refractivity (Wildman–Crippen MR) is 35.9 cm³/mol. The Kier molecular flexibility index (Phi) is 2.83. The second-order valence-corrected chi connectivity index (χ2v) is 2.43. The van der Waals surface area contributed by atoms with Crippen LogP contribution in [0.4, 0.5) is 0 Å². The molecule has 1 aliphatic rings. The van der Waals surface area contributed by atoms with Gasteiger partial charge in [0.1, 0.15) is 5.78 Å². The number of rotatable bonds is 1. The van der Waals surface area contributed by atoms with E-state index in [1.165, 1.54) is 0 Å². The van der Waals surface area contributed by atoms with Crippen LogP contribution in [0.25, 0.3) is 0 Å². The number of ether oxygens (including phenoxy) is 2. The summed E-state index contributed by atoms with van der Waals surface area (Å²) < 4.78 is 10.1. The third-order valence-electron chi connectivity index (χ3n) is 1.62. The molecule has 10 heavy (non-hydrogen) atoms. The molecule has 0 aliphatic carbocycles. The van der Waals surface area contributed by atoms with E-state index in [0.717, 1.165) is 0 Å². The number of hydrogen-bond donors (Lipinski definition) is 0. The Bertz CT molecular complexity index is 122. The molecule has 0 bridgehead atoms. The molecule has 0 saturated carbocycles. The minimum absolute atomic E-state index is 0.0185. The van der Waals surface area contributed by atoms with Gasteiger partial charge in [-0.1, -0.05) is 0 Å². The molecule has 1 heterocycles. The average molecular weight is 144 g/mol. The van der Waals surface area contributed by atoms with Crippen LogP contribution in [-0.2, 0) is 14.3 Å². The molecule has 1 saturated heterocycles. The Labute approximate surface area is 60.3 Å². The zero-order chi connectivity index (χ0) is 7.40. The number of carbonyl (C=O) groups is 1. The van der Waals surface area contributed by atoms with Gasteiger partial charge in [0.25, 0.3) is 0 Å². The van der Waals surface area contributed by atoms with Crippen molar-refractivity contribution in [2.24, 2.45) is 0 Å². The van der Waals surface area contributed by atoms with E-state index in [4.69, 9.17) is 9.47 Å². The zero-order valence-corrected chi connectivity index (χ0v) is 6.13. The fourth-order valence-electron chi connectivity index (χ4n) is 0.967. The van der Waals surface area contributed by atoms with Gasteiger partial charge in [-0.15, -0.1) is 0 Å². The Morgan fingerprint density at radius 1 is 1.70 bits per heavy atom. The SMILES string of the molecule is COC1COCCC(=O)C1. The standard InChI is InChI=1S/C7H12O3/c1-9-7-4-6(8)2-3-10-5-7/h7H,2-5H2,1H3.